The molecule has 3 aliphatic rings. The molecule has 200 valence electrons. The number of benzene rings is 1. The van der Waals surface area contributed by atoms with Crippen LogP contribution in [-0.4, -0.2) is 34.3 Å². The summed E-state index contributed by atoms with van der Waals surface area (Å²) in [6.07, 6.45) is 13.1. The van der Waals surface area contributed by atoms with E-state index >= 15 is 0 Å². The molecule has 1 saturated heterocycles. The van der Waals surface area contributed by atoms with Gasteiger partial charge in [0.25, 0.3) is 0 Å². The fraction of sp³-hybridized carbons (Fsp3) is 0.387. The van der Waals surface area contributed by atoms with Crippen molar-refractivity contribution in [2.75, 3.05) is 18.0 Å². The molecule has 7 rings (SSSR count). The van der Waals surface area contributed by atoms with Crippen molar-refractivity contribution in [3.63, 3.8) is 0 Å². The van der Waals surface area contributed by atoms with Gasteiger partial charge < -0.3 is 14.2 Å². The fourth-order valence-corrected chi connectivity index (χ4v) is 6.66. The molecule has 1 aromatic carbocycles. The third kappa shape index (κ3) is 4.48. The SMILES string of the molecule is CC(C)Oc1ccnc2ccc(N3CCC4(C=C(c5c(-c6c(Cl)cncc6Cl)noc5C5CC5)C4)CC3)cc12. The summed E-state index contributed by atoms with van der Waals surface area (Å²) in [5.74, 6) is 2.31. The van der Waals surface area contributed by atoms with E-state index in [1.807, 2.05) is 12.3 Å². The summed E-state index contributed by atoms with van der Waals surface area (Å²) in [5.41, 5.74) is 6.25. The van der Waals surface area contributed by atoms with E-state index in [0.29, 0.717) is 21.5 Å². The van der Waals surface area contributed by atoms with Crippen molar-refractivity contribution in [2.24, 2.45) is 5.41 Å². The Hall–Kier alpha value is -3.09. The Morgan fingerprint density at radius 2 is 1.79 bits per heavy atom. The van der Waals surface area contributed by atoms with E-state index < -0.39 is 0 Å². The molecule has 2 aliphatic carbocycles. The van der Waals surface area contributed by atoms with Crippen LogP contribution in [0.2, 0.25) is 10.0 Å². The van der Waals surface area contributed by atoms with Crippen molar-refractivity contribution >= 4 is 45.4 Å². The van der Waals surface area contributed by atoms with Gasteiger partial charge in [-0.25, -0.2) is 0 Å². The predicted octanol–water partition coefficient (Wildman–Crippen LogP) is 8.33. The number of pyridine rings is 2. The van der Waals surface area contributed by atoms with E-state index in [0.717, 1.165) is 78.9 Å². The molecule has 8 heteroatoms. The van der Waals surface area contributed by atoms with Crippen molar-refractivity contribution in [2.45, 2.75) is 58.0 Å². The number of rotatable bonds is 6. The van der Waals surface area contributed by atoms with Crippen LogP contribution in [-0.2, 0) is 0 Å². The third-order valence-corrected chi connectivity index (χ3v) is 8.85. The first-order chi connectivity index (χ1) is 18.9. The summed E-state index contributed by atoms with van der Waals surface area (Å²) in [6.45, 7) is 6.11. The Kier molecular flexibility index (Phi) is 6.09. The largest absolute Gasteiger partial charge is 0.490 e. The highest BCUT2D eigenvalue weighted by atomic mass is 35.5. The molecule has 1 saturated carbocycles. The lowest BCUT2D eigenvalue weighted by Gasteiger charge is -2.47. The number of aromatic nitrogens is 3. The van der Waals surface area contributed by atoms with Crippen molar-refractivity contribution in [1.29, 1.82) is 0 Å². The van der Waals surface area contributed by atoms with Crippen LogP contribution < -0.4 is 9.64 Å². The third-order valence-electron chi connectivity index (χ3n) is 8.27. The summed E-state index contributed by atoms with van der Waals surface area (Å²) in [6, 6.07) is 8.47. The second kappa shape index (κ2) is 9.53. The van der Waals surface area contributed by atoms with Crippen LogP contribution in [0.3, 0.4) is 0 Å². The summed E-state index contributed by atoms with van der Waals surface area (Å²) in [7, 11) is 0. The molecule has 6 nitrogen and oxygen atoms in total. The second-order valence-electron chi connectivity index (χ2n) is 11.4. The minimum Gasteiger partial charge on any atom is -0.490 e. The van der Waals surface area contributed by atoms with Crippen LogP contribution in [0.15, 0.2) is 53.5 Å². The van der Waals surface area contributed by atoms with Crippen LogP contribution in [0.25, 0.3) is 27.7 Å². The highest BCUT2D eigenvalue weighted by Crippen LogP contribution is 2.56. The maximum atomic E-state index is 6.53. The van der Waals surface area contributed by atoms with Crippen LogP contribution in [0, 0.1) is 5.41 Å². The molecular formula is C31H30Cl2N4O2. The second-order valence-corrected chi connectivity index (χ2v) is 12.2. The van der Waals surface area contributed by atoms with Gasteiger partial charge in [0.05, 0.1) is 21.7 Å². The zero-order valence-electron chi connectivity index (χ0n) is 22.1. The molecule has 1 spiro atoms. The highest BCUT2D eigenvalue weighted by Gasteiger charge is 2.44. The number of allylic oxidation sites excluding steroid dienone is 2. The molecule has 39 heavy (non-hydrogen) atoms. The molecule has 1 aliphatic heterocycles. The van der Waals surface area contributed by atoms with Gasteiger partial charge >= 0.3 is 0 Å². The van der Waals surface area contributed by atoms with Gasteiger partial charge in [-0.2, -0.15) is 0 Å². The maximum absolute atomic E-state index is 6.53. The van der Waals surface area contributed by atoms with E-state index in [9.17, 15) is 0 Å². The lowest BCUT2D eigenvalue weighted by molar-refractivity contribution is 0.245. The fourth-order valence-electron chi connectivity index (χ4n) is 6.12. The first-order valence-electron chi connectivity index (χ1n) is 13.7. The van der Waals surface area contributed by atoms with Crippen molar-refractivity contribution in [3.8, 4) is 17.0 Å². The number of nitrogens with zero attached hydrogens (tertiary/aromatic N) is 4. The first kappa shape index (κ1) is 24.9. The number of fused-ring (bicyclic) bond motifs is 1. The van der Waals surface area contributed by atoms with Gasteiger partial charge in [0.1, 0.15) is 17.2 Å². The van der Waals surface area contributed by atoms with Gasteiger partial charge in [0.15, 0.2) is 0 Å². The molecule has 0 atom stereocenters. The first-order valence-corrected chi connectivity index (χ1v) is 14.5. The van der Waals surface area contributed by atoms with Gasteiger partial charge in [-0.05, 0) is 81.2 Å². The lowest BCUT2D eigenvalue weighted by Crippen LogP contribution is -2.42. The minimum atomic E-state index is 0.116. The molecule has 0 N–H and O–H groups in total. The Balaban J connectivity index is 1.14. The van der Waals surface area contributed by atoms with Gasteiger partial charge in [-0.3, -0.25) is 9.97 Å². The summed E-state index contributed by atoms with van der Waals surface area (Å²) in [5, 5.41) is 6.53. The molecule has 0 amide bonds. The predicted molar refractivity (Wildman–Crippen MR) is 156 cm³/mol. The number of ether oxygens (including phenoxy) is 1. The average Bonchev–Trinajstić information content (AvgIpc) is 3.66. The maximum Gasteiger partial charge on any atom is 0.147 e. The highest BCUT2D eigenvalue weighted by molar-refractivity contribution is 6.39. The number of piperidine rings is 1. The quantitative estimate of drug-likeness (QED) is 0.236. The molecule has 4 aromatic rings. The zero-order chi connectivity index (χ0) is 26.7. The van der Waals surface area contributed by atoms with E-state index in [1.165, 1.54) is 11.3 Å². The van der Waals surface area contributed by atoms with Crippen LogP contribution in [0.1, 0.15) is 63.2 Å². The van der Waals surface area contributed by atoms with Gasteiger partial charge in [-0.1, -0.05) is 34.4 Å². The smallest absolute Gasteiger partial charge is 0.147 e. The van der Waals surface area contributed by atoms with Crippen molar-refractivity contribution < 1.29 is 9.26 Å². The van der Waals surface area contributed by atoms with Gasteiger partial charge in [0, 0.05) is 59.8 Å². The van der Waals surface area contributed by atoms with Crippen LogP contribution in [0.4, 0.5) is 5.69 Å². The van der Waals surface area contributed by atoms with Crippen molar-refractivity contribution in [1.82, 2.24) is 15.1 Å². The molecule has 0 radical (unpaired) electrons. The molecule has 4 heterocycles. The van der Waals surface area contributed by atoms with Crippen molar-refractivity contribution in [3.05, 3.63) is 70.3 Å². The molecular weight excluding hydrogens is 531 g/mol. The van der Waals surface area contributed by atoms with E-state index in [4.69, 9.17) is 32.5 Å². The Morgan fingerprint density at radius 3 is 2.49 bits per heavy atom. The zero-order valence-corrected chi connectivity index (χ0v) is 23.6. The van der Waals surface area contributed by atoms with Gasteiger partial charge in [0.2, 0.25) is 0 Å². The summed E-state index contributed by atoms with van der Waals surface area (Å²) in [4.78, 5) is 11.1. The van der Waals surface area contributed by atoms with E-state index in [2.05, 4.69) is 58.1 Å². The lowest BCUT2D eigenvalue weighted by atomic mass is 9.63. The Bertz CT molecular complexity index is 1580. The van der Waals surface area contributed by atoms with Crippen LogP contribution >= 0.6 is 23.2 Å². The molecule has 0 bridgehead atoms. The number of anilines is 1. The monoisotopic (exact) mass is 560 g/mol. The van der Waals surface area contributed by atoms with Gasteiger partial charge in [-0.15, -0.1) is 0 Å². The van der Waals surface area contributed by atoms with Crippen LogP contribution in [0.5, 0.6) is 5.75 Å². The molecule has 0 unspecified atom stereocenters. The Morgan fingerprint density at radius 1 is 1.05 bits per heavy atom. The normalized spacial score (nSPS) is 18.5. The molecule has 3 aromatic heterocycles. The number of halogens is 2. The Labute approximate surface area is 238 Å². The molecule has 2 fully saturated rings. The summed E-state index contributed by atoms with van der Waals surface area (Å²) >= 11 is 13.1. The number of hydrogen-bond donors (Lipinski definition) is 0. The average molecular weight is 562 g/mol. The topological polar surface area (TPSA) is 64.3 Å². The number of hydrogen-bond acceptors (Lipinski definition) is 6. The minimum absolute atomic E-state index is 0.116. The van der Waals surface area contributed by atoms with E-state index in [-0.39, 0.29) is 11.5 Å². The summed E-state index contributed by atoms with van der Waals surface area (Å²) < 4.78 is 12.0. The standard InChI is InChI=1S/C31H30Cl2N4O2/c1-18(2)38-26-7-10-35-25-6-5-21(13-22(25)26)37-11-8-31(9-12-37)14-20(15-31)27-29(36-39-30(27)19-3-4-19)28-23(32)16-34-17-24(28)33/h5-7,10,13-14,16-19H,3-4,8-9,11-12,15H2,1-2H3. The van der Waals surface area contributed by atoms with E-state index in [1.54, 1.807) is 12.4 Å².